The zero-order valence-electron chi connectivity index (χ0n) is 20.4. The fraction of sp³-hybridized carbons (Fsp3) is 0.250. The molecule has 0 aliphatic rings. The number of nitrogens with one attached hydrogen (secondary N) is 1. The molecule has 0 saturated carbocycles. The summed E-state index contributed by atoms with van der Waals surface area (Å²) < 4.78 is 18.6. The normalized spacial score (nSPS) is 12.5. The average Bonchev–Trinajstić information content (AvgIpc) is 3.40. The molecule has 186 valence electrons. The van der Waals surface area contributed by atoms with Gasteiger partial charge < -0.3 is 20.4 Å². The Bertz CT molecular complexity index is 1350. The van der Waals surface area contributed by atoms with E-state index in [1.807, 2.05) is 79.7 Å². The number of aliphatic imine (C=N–C) groups is 1. The van der Waals surface area contributed by atoms with Crippen molar-refractivity contribution in [3.05, 3.63) is 84.4 Å². The molecular weight excluding hydrogens is 457 g/mol. The minimum atomic E-state index is -0.779. The van der Waals surface area contributed by atoms with E-state index in [0.717, 1.165) is 22.0 Å². The Morgan fingerprint density at radius 1 is 1.11 bits per heavy atom. The van der Waals surface area contributed by atoms with Crippen molar-refractivity contribution in [3.8, 4) is 11.3 Å². The minimum absolute atomic E-state index is 0.0355. The number of amidine groups is 1. The molecule has 0 aliphatic carbocycles. The van der Waals surface area contributed by atoms with E-state index >= 15 is 0 Å². The van der Waals surface area contributed by atoms with Gasteiger partial charge in [-0.2, -0.15) is 0 Å². The summed E-state index contributed by atoms with van der Waals surface area (Å²) in [6.07, 6.45) is 2.73. The molecule has 3 aromatic carbocycles. The number of benzene rings is 3. The van der Waals surface area contributed by atoms with Crippen LogP contribution in [0.2, 0.25) is 0 Å². The van der Waals surface area contributed by atoms with E-state index < -0.39 is 12.7 Å². The predicted molar refractivity (Wildman–Crippen MR) is 142 cm³/mol. The van der Waals surface area contributed by atoms with Gasteiger partial charge in [0.2, 0.25) is 5.89 Å². The molecule has 0 aliphatic heterocycles. The van der Waals surface area contributed by atoms with E-state index in [2.05, 4.69) is 21.4 Å². The monoisotopic (exact) mass is 487 g/mol. The van der Waals surface area contributed by atoms with Gasteiger partial charge in [0.1, 0.15) is 18.6 Å². The molecule has 8 heteroatoms. The second-order valence-electron chi connectivity index (χ2n) is 8.74. The molecule has 0 fully saturated rings. The summed E-state index contributed by atoms with van der Waals surface area (Å²) in [6, 6.07) is 20.9. The number of hydrogen-bond acceptors (Lipinski definition) is 5. The van der Waals surface area contributed by atoms with Gasteiger partial charge in [-0.05, 0) is 47.9 Å². The number of amides is 1. The molecule has 0 saturated heterocycles. The van der Waals surface area contributed by atoms with Crippen molar-refractivity contribution < 1.29 is 13.6 Å². The number of nitrogens with zero attached hydrogens (tertiary/aromatic N) is 3. The second-order valence-corrected chi connectivity index (χ2v) is 8.74. The Morgan fingerprint density at radius 2 is 1.86 bits per heavy atom. The number of hydrogen-bond donors (Lipinski definition) is 2. The minimum Gasteiger partial charge on any atom is -0.438 e. The summed E-state index contributed by atoms with van der Waals surface area (Å²) in [5.41, 5.74) is 8.00. The number of oxazole rings is 1. The predicted octanol–water partition coefficient (Wildman–Crippen LogP) is 5.14. The third kappa shape index (κ3) is 6.07. The summed E-state index contributed by atoms with van der Waals surface area (Å²) in [5, 5.41) is 5.08. The molecule has 4 rings (SSSR count). The summed E-state index contributed by atoms with van der Waals surface area (Å²) in [6.45, 7) is -0.434. The molecule has 0 spiro atoms. The van der Waals surface area contributed by atoms with Crippen molar-refractivity contribution >= 4 is 28.2 Å². The quantitative estimate of drug-likeness (QED) is 0.183. The highest BCUT2D eigenvalue weighted by atomic mass is 19.1. The van der Waals surface area contributed by atoms with Crippen LogP contribution in [0, 0.1) is 0 Å². The van der Waals surface area contributed by atoms with Crippen LogP contribution in [0.5, 0.6) is 0 Å². The van der Waals surface area contributed by atoms with Crippen LogP contribution in [0.3, 0.4) is 0 Å². The largest absolute Gasteiger partial charge is 0.438 e. The highest BCUT2D eigenvalue weighted by molar-refractivity contribution is 5.99. The van der Waals surface area contributed by atoms with Crippen LogP contribution in [0.4, 0.5) is 10.1 Å². The van der Waals surface area contributed by atoms with Crippen LogP contribution in [0.15, 0.2) is 82.3 Å². The molecule has 3 N–H and O–H groups in total. The molecule has 1 aromatic heterocycles. The lowest BCUT2D eigenvalue weighted by Gasteiger charge is -2.16. The maximum absolute atomic E-state index is 13.2. The highest BCUT2D eigenvalue weighted by Crippen LogP contribution is 2.26. The molecule has 0 unspecified atom stereocenters. The van der Waals surface area contributed by atoms with Gasteiger partial charge in [-0.1, -0.05) is 42.5 Å². The molecule has 1 atom stereocenters. The summed E-state index contributed by atoms with van der Waals surface area (Å²) in [5.74, 6) is 0.754. The molecular formula is C28H30FN5O2. The fourth-order valence-electron chi connectivity index (χ4n) is 3.90. The highest BCUT2D eigenvalue weighted by Gasteiger charge is 2.21. The van der Waals surface area contributed by atoms with Crippen molar-refractivity contribution in [3.63, 3.8) is 0 Å². The Balaban J connectivity index is 1.54. The number of anilines is 1. The first-order valence-electron chi connectivity index (χ1n) is 11.8. The topological polar surface area (TPSA) is 96.8 Å². The number of carbonyl (C=O) groups excluding carboxylic acids is 1. The SMILES string of the molecule is CN(C)c1ccc2cc(C(=O)N[C@@H](CCCN=C(N)CF)c3ncc(-c4ccccc4)o3)ccc2c1. The van der Waals surface area contributed by atoms with Gasteiger partial charge >= 0.3 is 0 Å². The van der Waals surface area contributed by atoms with Gasteiger partial charge in [0.15, 0.2) is 5.76 Å². The Labute approximate surface area is 209 Å². The van der Waals surface area contributed by atoms with Crippen LogP contribution in [-0.4, -0.2) is 44.0 Å². The van der Waals surface area contributed by atoms with Gasteiger partial charge in [0, 0.05) is 37.5 Å². The first kappa shape index (κ1) is 24.9. The first-order valence-corrected chi connectivity index (χ1v) is 11.8. The van der Waals surface area contributed by atoms with E-state index in [1.54, 1.807) is 6.20 Å². The Kier molecular flexibility index (Phi) is 7.95. The third-order valence-corrected chi connectivity index (χ3v) is 5.89. The number of aromatic nitrogens is 1. The average molecular weight is 488 g/mol. The van der Waals surface area contributed by atoms with Crippen LogP contribution in [0.1, 0.15) is 35.1 Å². The Hall–Kier alpha value is -4.20. The standard InChI is InChI=1S/C28H30FN5O2/c1-34(2)23-13-12-20-15-22(11-10-21(20)16-23)27(35)33-24(9-6-14-31-26(30)17-29)28-32-18-25(36-28)19-7-4-3-5-8-19/h3-5,7-8,10-13,15-16,18,24H,6,9,14,17H2,1-2H3,(H2,30,31)(H,33,35)/t24-/m0/s1. The van der Waals surface area contributed by atoms with Gasteiger partial charge in [-0.25, -0.2) is 9.37 Å². The smallest absolute Gasteiger partial charge is 0.251 e. The summed E-state index contributed by atoms with van der Waals surface area (Å²) >= 11 is 0. The van der Waals surface area contributed by atoms with Crippen LogP contribution >= 0.6 is 0 Å². The van der Waals surface area contributed by atoms with E-state index in [0.29, 0.717) is 36.6 Å². The van der Waals surface area contributed by atoms with Gasteiger partial charge in [0.05, 0.1) is 6.20 Å². The van der Waals surface area contributed by atoms with Crippen LogP contribution < -0.4 is 16.0 Å². The molecule has 7 nitrogen and oxygen atoms in total. The number of fused-ring (bicyclic) bond motifs is 1. The molecule has 4 aromatic rings. The van der Waals surface area contributed by atoms with E-state index in [9.17, 15) is 9.18 Å². The Morgan fingerprint density at radius 3 is 2.61 bits per heavy atom. The lowest BCUT2D eigenvalue weighted by Crippen LogP contribution is -2.29. The van der Waals surface area contributed by atoms with Crippen molar-refractivity contribution in [2.24, 2.45) is 10.7 Å². The second kappa shape index (κ2) is 11.5. The fourth-order valence-corrected chi connectivity index (χ4v) is 3.90. The van der Waals surface area contributed by atoms with Gasteiger partial charge in [-0.3, -0.25) is 9.79 Å². The number of carbonyl (C=O) groups is 1. The van der Waals surface area contributed by atoms with E-state index in [4.69, 9.17) is 10.2 Å². The third-order valence-electron chi connectivity index (χ3n) is 5.89. The number of rotatable bonds is 10. The number of nitrogens with two attached hydrogens (primary N) is 1. The number of alkyl halides is 1. The summed E-state index contributed by atoms with van der Waals surface area (Å²) in [7, 11) is 3.98. The molecule has 0 radical (unpaired) electrons. The maximum Gasteiger partial charge on any atom is 0.251 e. The van der Waals surface area contributed by atoms with Crippen molar-refractivity contribution in [2.75, 3.05) is 32.2 Å². The lowest BCUT2D eigenvalue weighted by molar-refractivity contribution is 0.0927. The van der Waals surface area contributed by atoms with Gasteiger partial charge in [0.25, 0.3) is 5.91 Å². The molecule has 1 heterocycles. The molecule has 0 bridgehead atoms. The zero-order valence-corrected chi connectivity index (χ0v) is 20.4. The van der Waals surface area contributed by atoms with Gasteiger partial charge in [-0.15, -0.1) is 0 Å². The number of halogens is 1. The van der Waals surface area contributed by atoms with E-state index in [-0.39, 0.29) is 11.7 Å². The summed E-state index contributed by atoms with van der Waals surface area (Å²) in [4.78, 5) is 23.7. The maximum atomic E-state index is 13.2. The van der Waals surface area contributed by atoms with Crippen molar-refractivity contribution in [2.45, 2.75) is 18.9 Å². The molecule has 1 amide bonds. The first-order chi connectivity index (χ1) is 17.4. The van der Waals surface area contributed by atoms with Crippen molar-refractivity contribution in [1.82, 2.24) is 10.3 Å². The van der Waals surface area contributed by atoms with Crippen molar-refractivity contribution in [1.29, 1.82) is 0 Å². The zero-order chi connectivity index (χ0) is 25.5. The lowest BCUT2D eigenvalue weighted by atomic mass is 10.0. The van der Waals surface area contributed by atoms with E-state index in [1.165, 1.54) is 0 Å². The van der Waals surface area contributed by atoms with Crippen LogP contribution in [0.25, 0.3) is 22.1 Å². The van der Waals surface area contributed by atoms with Crippen LogP contribution in [-0.2, 0) is 0 Å². The molecule has 36 heavy (non-hydrogen) atoms.